The van der Waals surface area contributed by atoms with E-state index in [2.05, 4.69) is 125 Å². The van der Waals surface area contributed by atoms with Gasteiger partial charge in [0, 0.05) is 0 Å². The fourth-order valence-corrected chi connectivity index (χ4v) is 3.68. The normalized spacial score (nSPS) is 17.8. The van der Waals surface area contributed by atoms with Gasteiger partial charge in [0.25, 0.3) is 0 Å². The van der Waals surface area contributed by atoms with Crippen LogP contribution in [0.25, 0.3) is 0 Å². The molecule has 0 spiro atoms. The van der Waals surface area contributed by atoms with E-state index in [1.54, 1.807) is 0 Å². The first-order valence-corrected chi connectivity index (χ1v) is 10.9. The van der Waals surface area contributed by atoms with Crippen molar-refractivity contribution >= 4 is 28.0 Å². The summed E-state index contributed by atoms with van der Waals surface area (Å²) in [5.74, 6) is 1.11. The van der Waals surface area contributed by atoms with Crippen LogP contribution in [0, 0.1) is 24.0 Å². The molecule has 0 aromatic heterocycles. The molecule has 2 aromatic rings. The summed E-state index contributed by atoms with van der Waals surface area (Å²) in [5, 5.41) is 0. The Bertz CT molecular complexity index is 804. The van der Waals surface area contributed by atoms with Crippen LogP contribution in [0.2, 0.25) is 0 Å². The molecule has 3 heteroatoms. The Kier molecular flexibility index (Phi) is 14.9. The SMILES string of the molecule is CC1=[C-]C(C)C=C1.CC1=[C-]C(C)C=C1.Cl.Cl.[Zr+2]=[C](c1ccccc1)c1ccccc1. The average molecular weight is 517 g/mol. The molecule has 2 unspecified atom stereocenters. The van der Waals surface area contributed by atoms with Gasteiger partial charge >= 0.3 is 99.2 Å². The topological polar surface area (TPSA) is 0 Å². The van der Waals surface area contributed by atoms with E-state index in [1.807, 2.05) is 0 Å². The molecular formula is C27H30Cl2Zr. The maximum atomic E-state index is 3.22. The molecule has 0 bridgehead atoms. The molecule has 0 saturated heterocycles. The van der Waals surface area contributed by atoms with E-state index < -0.39 is 0 Å². The summed E-state index contributed by atoms with van der Waals surface area (Å²) in [6, 6.07) is 21.1. The van der Waals surface area contributed by atoms with E-state index in [0.29, 0.717) is 11.8 Å². The Balaban J connectivity index is 0.000000448. The van der Waals surface area contributed by atoms with Gasteiger partial charge in [-0.15, -0.1) is 24.8 Å². The van der Waals surface area contributed by atoms with E-state index in [-0.39, 0.29) is 24.8 Å². The van der Waals surface area contributed by atoms with E-state index in [0.717, 1.165) is 0 Å². The van der Waals surface area contributed by atoms with Gasteiger partial charge in [-0.25, -0.2) is 23.3 Å². The Morgan fingerprint density at radius 2 is 1.00 bits per heavy atom. The molecule has 0 nitrogen and oxygen atoms in total. The number of hydrogen-bond donors (Lipinski definition) is 0. The van der Waals surface area contributed by atoms with Crippen molar-refractivity contribution in [1.29, 1.82) is 0 Å². The van der Waals surface area contributed by atoms with Crippen molar-refractivity contribution in [2.45, 2.75) is 27.7 Å². The summed E-state index contributed by atoms with van der Waals surface area (Å²) in [4.78, 5) is 0. The van der Waals surface area contributed by atoms with Crippen LogP contribution in [0.3, 0.4) is 0 Å². The van der Waals surface area contributed by atoms with Gasteiger partial charge in [0.15, 0.2) is 0 Å². The third-order valence-electron chi connectivity index (χ3n) is 4.31. The number of halogens is 2. The molecule has 156 valence electrons. The van der Waals surface area contributed by atoms with Crippen LogP contribution in [-0.2, 0) is 24.2 Å². The Labute approximate surface area is 210 Å². The van der Waals surface area contributed by atoms with Crippen LogP contribution in [0.4, 0.5) is 0 Å². The van der Waals surface area contributed by atoms with Crippen molar-refractivity contribution in [2.24, 2.45) is 11.8 Å². The first-order chi connectivity index (χ1) is 13.5. The third-order valence-corrected chi connectivity index (χ3v) is 5.72. The molecule has 2 aromatic carbocycles. The van der Waals surface area contributed by atoms with Crippen molar-refractivity contribution in [2.75, 3.05) is 0 Å². The van der Waals surface area contributed by atoms with Gasteiger partial charge in [-0.1, -0.05) is 39.5 Å². The van der Waals surface area contributed by atoms with Gasteiger partial charge in [-0.05, 0) is 0 Å². The van der Waals surface area contributed by atoms with Crippen molar-refractivity contribution in [3.8, 4) is 0 Å². The maximum absolute atomic E-state index is 3.22. The number of benzene rings is 2. The van der Waals surface area contributed by atoms with E-state index in [9.17, 15) is 0 Å². The molecule has 30 heavy (non-hydrogen) atoms. The Morgan fingerprint density at radius 3 is 1.20 bits per heavy atom. The van der Waals surface area contributed by atoms with Crippen molar-refractivity contribution in [3.63, 3.8) is 0 Å². The van der Waals surface area contributed by atoms with E-state index in [1.165, 1.54) is 49.7 Å². The summed E-state index contributed by atoms with van der Waals surface area (Å²) in [6.07, 6.45) is 14.9. The number of rotatable bonds is 2. The van der Waals surface area contributed by atoms with Crippen molar-refractivity contribution < 1.29 is 24.2 Å². The number of allylic oxidation sites excluding steroid dienone is 8. The van der Waals surface area contributed by atoms with Crippen LogP contribution in [0.15, 0.2) is 96.1 Å². The molecule has 0 fully saturated rings. The van der Waals surface area contributed by atoms with E-state index >= 15 is 0 Å². The third kappa shape index (κ3) is 10.7. The van der Waals surface area contributed by atoms with Gasteiger partial charge < -0.3 is 0 Å². The molecular weight excluding hydrogens is 486 g/mol. The summed E-state index contributed by atoms with van der Waals surface area (Å²) < 4.78 is 1.42. The zero-order valence-electron chi connectivity index (χ0n) is 18.1. The van der Waals surface area contributed by atoms with Crippen molar-refractivity contribution in [3.05, 3.63) is 119 Å². The fraction of sp³-hybridized carbons (Fsp3) is 0.222. The quantitative estimate of drug-likeness (QED) is 0.362. The van der Waals surface area contributed by atoms with Crippen LogP contribution in [-0.4, -0.2) is 3.21 Å². The first-order valence-electron chi connectivity index (χ1n) is 9.71. The number of hydrogen-bond acceptors (Lipinski definition) is 0. The Morgan fingerprint density at radius 1 is 0.667 bits per heavy atom. The predicted octanol–water partition coefficient (Wildman–Crippen LogP) is 7.53. The van der Waals surface area contributed by atoms with Gasteiger partial charge in [-0.2, -0.15) is 12.2 Å². The monoisotopic (exact) mass is 514 g/mol. The van der Waals surface area contributed by atoms with Crippen LogP contribution < -0.4 is 0 Å². The Hall–Kier alpha value is -1.27. The molecule has 0 N–H and O–H groups in total. The van der Waals surface area contributed by atoms with Crippen LogP contribution >= 0.6 is 24.8 Å². The predicted molar refractivity (Wildman–Crippen MR) is 132 cm³/mol. The van der Waals surface area contributed by atoms with Gasteiger partial charge in [0.1, 0.15) is 0 Å². The molecule has 0 radical (unpaired) electrons. The van der Waals surface area contributed by atoms with Gasteiger partial charge in [-0.3, -0.25) is 12.2 Å². The molecule has 0 heterocycles. The van der Waals surface area contributed by atoms with Crippen LogP contribution in [0.1, 0.15) is 38.8 Å². The summed E-state index contributed by atoms with van der Waals surface area (Å²) in [6.45, 7) is 8.40. The summed E-state index contributed by atoms with van der Waals surface area (Å²) >= 11 is 1.46. The second kappa shape index (κ2) is 15.5. The first kappa shape index (κ1) is 28.7. The molecule has 2 atom stereocenters. The van der Waals surface area contributed by atoms with Crippen LogP contribution in [0.5, 0.6) is 0 Å². The molecule has 0 aliphatic heterocycles. The molecule has 2 aliphatic carbocycles. The zero-order chi connectivity index (χ0) is 20.4. The second-order valence-electron chi connectivity index (χ2n) is 7.06. The average Bonchev–Trinajstić information content (AvgIpc) is 3.29. The minimum absolute atomic E-state index is 0. The summed E-state index contributed by atoms with van der Waals surface area (Å²) in [7, 11) is 0. The van der Waals surface area contributed by atoms with Gasteiger partial charge in [0.2, 0.25) is 0 Å². The van der Waals surface area contributed by atoms with Gasteiger partial charge in [0.05, 0.1) is 0 Å². The zero-order valence-corrected chi connectivity index (χ0v) is 22.1. The molecule has 2 aliphatic rings. The molecule has 0 saturated carbocycles. The summed E-state index contributed by atoms with van der Waals surface area (Å²) in [5.41, 5.74) is 5.20. The second-order valence-corrected chi connectivity index (χ2v) is 8.29. The standard InChI is InChI=1S/C13H10.2C7H9.2ClH.Zr/c1-3-7-12(8-4-1)11-13-9-5-2-6-10-13;2*1-6-3-4-7(2)5-6;;;/h1-10H;2*3-4,6H,1-2H3;2*1H;/q;2*-1;;;+2. The van der Waals surface area contributed by atoms with Crippen molar-refractivity contribution in [1.82, 2.24) is 0 Å². The molecule has 4 rings (SSSR count). The minimum atomic E-state index is 0. The molecule has 0 amide bonds. The van der Waals surface area contributed by atoms with E-state index in [4.69, 9.17) is 0 Å². The fourth-order valence-electron chi connectivity index (χ4n) is 2.86.